The van der Waals surface area contributed by atoms with Gasteiger partial charge in [0.2, 0.25) is 73.4 Å². The third kappa shape index (κ3) is 9.55. The summed E-state index contributed by atoms with van der Waals surface area (Å²) in [4.78, 5) is 4.69. The molecule has 4 bridgehead atoms. The van der Waals surface area contributed by atoms with Gasteiger partial charge in [-0.05, 0) is 208 Å². The average Bonchev–Trinajstić information content (AvgIpc) is 1.49. The Morgan fingerprint density at radius 3 is 0.833 bits per heavy atom. The first kappa shape index (κ1) is 76.1. The van der Waals surface area contributed by atoms with Gasteiger partial charge in [0, 0.05) is 109 Å². The van der Waals surface area contributed by atoms with Gasteiger partial charge >= 0.3 is 55.0 Å². The summed E-state index contributed by atoms with van der Waals surface area (Å²) in [7, 11) is 0. The van der Waals surface area contributed by atoms with Gasteiger partial charge in [0.05, 0.1) is 6.42 Å². The smallest absolute Gasteiger partial charge is 0.334 e. The molecule has 21 aliphatic heterocycles. The first-order chi connectivity index (χ1) is 68.0. The van der Waals surface area contributed by atoms with Crippen LogP contribution >= 0.6 is 0 Å². The maximum atomic E-state index is 6.39. The van der Waals surface area contributed by atoms with E-state index in [1.54, 1.807) is 0 Å². The van der Waals surface area contributed by atoms with Crippen LogP contribution in [0, 0.1) is 13.8 Å². The summed E-state index contributed by atoms with van der Waals surface area (Å²) in [5, 5.41) is 0. The minimum Gasteiger partial charge on any atom is -0.334 e. The number of aryl methyl sites for hydroxylation is 2. The molecule has 32 heterocycles. The minimum atomic E-state index is -1.11. The Hall–Kier alpha value is -17.4. The van der Waals surface area contributed by atoms with Gasteiger partial charge < -0.3 is 18.9 Å². The van der Waals surface area contributed by atoms with Crippen LogP contribution in [-0.2, 0) is 29.6 Å². The zero-order valence-corrected chi connectivity index (χ0v) is 75.6. The summed E-state index contributed by atoms with van der Waals surface area (Å²) < 4.78 is 81.7. The van der Waals surface area contributed by atoms with Gasteiger partial charge in [-0.3, -0.25) is 0 Å². The van der Waals surface area contributed by atoms with E-state index in [0.717, 1.165) is 121 Å². The van der Waals surface area contributed by atoms with Crippen molar-refractivity contribution in [2.75, 3.05) is 52.6 Å². The third-order valence-corrected chi connectivity index (χ3v) is 30.9. The summed E-state index contributed by atoms with van der Waals surface area (Å²) in [6.07, 6.45) is 52.0. The Kier molecular flexibility index (Phi) is 14.9. The standard InChI is InChI=1S/C21H14N2O2.C20H13N3O2.C15H16N4.2C14H14N4.C13H12N4.C12H10N4/c1-3-10-19-17(8-1)22-13-15-6-5-7-16(12-15)14-23-18-9-2-4-11-20(18)25-21(22,23)24-19;1-3-10-18-16(8-1)22-12-14-6-5-7-15(21-14)13-23-17-9-2-4-11-19(17)25-20(22,23)24-18;1-2-8-17-12-14-6-4-10-19(14)15(17)16(7-1)11-13-5-3-9-18(13)15;1-10-3-5-12-7-15-9-16-8-13-6-4-11(2)18(13)14(15,16)17(10)12;1-4-12-10-15-6-3-7-16-11-13-5-2-9-18(13)14(15,16)17(12)8-1;1-3-11-9-14-7-8-15-10-12-4-2-6-17(12)13(14,15)16(11)5-1;1-3-10-7-13-9-14-8-11-4-2-6-16(11)12(13,14)15(10)5-1/h1-14H;1-13H;3-6,9-12H,1-2,7-8H2;3-8H,9H2,1-2H3;1-2,4-5,8-11H,3,6-7H2;1-6,9-10H,7-8H2;1-8H,9H2/q7*+2/b22-13-,23-14?;22-12-,23-13?;;;;;. The fraction of sp³-hybridized carbons (Fsp3) is 0.183. The lowest BCUT2D eigenvalue weighted by molar-refractivity contribution is -1.03. The molecule has 37 rings (SSSR count). The number of hydrogen-bond acceptors (Lipinski definition) is 5. The fourth-order valence-corrected chi connectivity index (χ4v) is 25.4. The number of fused-ring (bicyclic) bond motifs is 22. The van der Waals surface area contributed by atoms with E-state index in [0.29, 0.717) is 0 Å². The van der Waals surface area contributed by atoms with Gasteiger partial charge in [0.1, 0.15) is 68.3 Å². The van der Waals surface area contributed by atoms with Crippen molar-refractivity contribution in [1.82, 2.24) is 50.7 Å². The predicted octanol–water partition coefficient (Wildman–Crippen LogP) is 9.89. The number of rotatable bonds is 0. The van der Waals surface area contributed by atoms with Crippen LogP contribution < -0.4 is 18.9 Å². The highest BCUT2D eigenvalue weighted by Crippen LogP contribution is 2.54. The molecule has 7 spiro atoms. The summed E-state index contributed by atoms with van der Waals surface area (Å²) >= 11 is 0. The Labute approximate surface area is 790 Å². The number of pyridine rings is 1. The molecule has 11 aromatic heterocycles. The second-order valence-electron chi connectivity index (χ2n) is 38.1. The van der Waals surface area contributed by atoms with Crippen molar-refractivity contribution < 1.29 is 83.0 Å². The van der Waals surface area contributed by atoms with E-state index in [9.17, 15) is 0 Å². The molecular formula is C109H93N25O4+14. The third-order valence-electron chi connectivity index (χ3n) is 30.9. The molecule has 138 heavy (non-hydrogen) atoms. The summed E-state index contributed by atoms with van der Waals surface area (Å²) in [6.45, 7) is 12.9. The van der Waals surface area contributed by atoms with Gasteiger partial charge in [-0.2, -0.15) is 9.13 Å². The SMILES string of the molecule is C1=[N+]2CCCC[N+]3=Cc4cccn4C23n2cccc21.C1=[N+]2CCC[N+]3=Cc4cccn4C23n2cccc21.C1=[N+]2CC[N+]3=Cc4cccn4C23n2cccc21.C1=[N+]2C[N+]3=Cc4cccn4C23n2cccc21.C1=[N+]2c3ccccc3OC23Oc2ccccc2/[N+]3=C/c2cccc1c2.C1=[N+]2c3ccccc3OC23Oc2ccccc2/[N+]3=C/c2cccc1n2.Cc1ccc2n1C13n4c(C)ccc4C=[N+]1C[N+]3=C2. The Morgan fingerprint density at radius 2 is 0.500 bits per heavy atom. The monoisotopic (exact) mass is 1820 g/mol. The van der Waals surface area contributed by atoms with Crippen LogP contribution in [0.15, 0.2) is 310 Å². The van der Waals surface area contributed by atoms with Crippen molar-refractivity contribution in [2.45, 2.75) is 74.7 Å². The molecule has 2 unspecified atom stereocenters. The molecule has 0 radical (unpaired) electrons. The van der Waals surface area contributed by atoms with Crippen LogP contribution in [0.3, 0.4) is 0 Å². The first-order valence-corrected chi connectivity index (χ1v) is 47.7. The molecule has 5 fully saturated rings. The molecule has 5 saturated heterocycles. The predicted molar refractivity (Wildman–Crippen MR) is 512 cm³/mol. The molecule has 0 aliphatic carbocycles. The van der Waals surface area contributed by atoms with E-state index in [2.05, 4.69) is 396 Å². The second kappa shape index (κ2) is 27.0. The number of ether oxygens (including phenoxy) is 4. The molecule has 16 aromatic rings. The summed E-state index contributed by atoms with van der Waals surface area (Å²) in [6, 6.07) is 87.3. The van der Waals surface area contributed by atoms with Crippen molar-refractivity contribution in [3.8, 4) is 23.0 Å². The van der Waals surface area contributed by atoms with Crippen molar-refractivity contribution >= 4 is 110 Å². The molecule has 664 valence electrons. The maximum Gasteiger partial charge on any atom is 0.715 e. The van der Waals surface area contributed by atoms with E-state index in [4.69, 9.17) is 23.9 Å². The zero-order valence-electron chi connectivity index (χ0n) is 75.6. The number of hydrogen-bond donors (Lipinski definition) is 0. The highest BCUT2D eigenvalue weighted by atomic mass is 16.8. The zero-order chi connectivity index (χ0) is 90.5. The molecule has 2 atom stereocenters. The van der Waals surface area contributed by atoms with Crippen LogP contribution in [0.25, 0.3) is 0 Å². The van der Waals surface area contributed by atoms with E-state index < -0.39 is 12.1 Å². The van der Waals surface area contributed by atoms with Crippen LogP contribution in [0.2, 0.25) is 0 Å². The van der Waals surface area contributed by atoms with Crippen LogP contribution in [-0.4, -0.2) is 266 Å². The van der Waals surface area contributed by atoms with Gasteiger partial charge in [-0.15, -0.1) is 27.5 Å². The van der Waals surface area contributed by atoms with Crippen molar-refractivity contribution in [1.29, 1.82) is 0 Å². The largest absolute Gasteiger partial charge is 0.715 e. The van der Waals surface area contributed by atoms with Crippen molar-refractivity contribution in [2.24, 2.45) is 0 Å². The maximum absolute atomic E-state index is 6.39. The molecule has 5 aromatic carbocycles. The number of benzene rings is 5. The second-order valence-corrected chi connectivity index (χ2v) is 38.1. The Balaban J connectivity index is 0.0000000750. The van der Waals surface area contributed by atoms with Gasteiger partial charge in [-0.25, -0.2) is 41.5 Å². The average molecular weight is 1820 g/mol. The van der Waals surface area contributed by atoms with E-state index in [1.165, 1.54) is 87.6 Å². The van der Waals surface area contributed by atoms with Gasteiger partial charge in [0.25, 0.3) is 22.7 Å². The van der Waals surface area contributed by atoms with E-state index >= 15 is 0 Å². The Morgan fingerprint density at radius 1 is 0.232 bits per heavy atom. The summed E-state index contributed by atoms with van der Waals surface area (Å²) in [5.74, 6) is 2.31. The van der Waals surface area contributed by atoms with Crippen molar-refractivity contribution in [3.05, 3.63) is 401 Å². The van der Waals surface area contributed by atoms with Crippen LogP contribution in [0.1, 0.15) is 110 Å². The minimum absolute atomic E-state index is 0.141. The molecule has 29 heteroatoms. The molecule has 29 nitrogen and oxygen atoms in total. The van der Waals surface area contributed by atoms with Crippen molar-refractivity contribution in [3.63, 3.8) is 0 Å². The molecule has 0 amide bonds. The lowest BCUT2D eigenvalue weighted by Gasteiger charge is -2.30. The van der Waals surface area contributed by atoms with E-state index in [-0.39, 0.29) is 29.6 Å². The fourth-order valence-electron chi connectivity index (χ4n) is 25.4. The normalized spacial score (nSPS) is 22.2. The number of aromatic nitrogens is 11. The Bertz CT molecular complexity index is 8020. The highest BCUT2D eigenvalue weighted by Gasteiger charge is 2.79. The summed E-state index contributed by atoms with van der Waals surface area (Å²) in [5.41, 5.74) is 23.3. The quantitative estimate of drug-likeness (QED) is 0.139. The molecule has 0 N–H and O–H groups in total. The van der Waals surface area contributed by atoms with Gasteiger partial charge in [-0.1, -0.05) is 79.0 Å². The molecule has 21 aliphatic rings. The van der Waals surface area contributed by atoms with Crippen LogP contribution in [0.5, 0.6) is 23.0 Å². The lowest BCUT2D eigenvalue weighted by Crippen LogP contribution is -2.66. The molecule has 0 saturated carbocycles. The molecular weight excluding hydrogens is 1720 g/mol. The topological polar surface area (TPSA) is 141 Å². The van der Waals surface area contributed by atoms with Gasteiger partial charge in [0.15, 0.2) is 75.9 Å². The first-order valence-electron chi connectivity index (χ1n) is 47.7. The number of nitrogens with zero attached hydrogens (tertiary/aromatic N) is 25. The number of para-hydroxylation sites is 8. The lowest BCUT2D eigenvalue weighted by atomic mass is 10.1. The van der Waals surface area contributed by atoms with Crippen LogP contribution in [0.4, 0.5) is 22.7 Å². The highest BCUT2D eigenvalue weighted by molar-refractivity contribution is 5.87. The van der Waals surface area contributed by atoms with E-state index in [1.807, 2.05) is 125 Å².